The molecule has 3 heteroatoms. The number of nitrogens with one attached hydrogen (secondary N) is 1. The maximum atomic E-state index is 11.4. The molecule has 1 aliphatic heterocycles. The lowest BCUT2D eigenvalue weighted by molar-refractivity contribution is -0.127. The van der Waals surface area contributed by atoms with E-state index in [1.54, 1.807) is 0 Å². The molecule has 2 rings (SSSR count). The van der Waals surface area contributed by atoms with Crippen molar-refractivity contribution < 1.29 is 4.79 Å². The Kier molecular flexibility index (Phi) is 3.62. The van der Waals surface area contributed by atoms with Gasteiger partial charge in [-0.3, -0.25) is 4.79 Å². The minimum atomic E-state index is 0.343. The molecule has 0 spiro atoms. The van der Waals surface area contributed by atoms with Crippen molar-refractivity contribution in [3.05, 3.63) is 0 Å². The number of hydrogen-bond acceptors (Lipinski definition) is 2. The quantitative estimate of drug-likeness (QED) is 0.763. The van der Waals surface area contributed by atoms with Crippen LogP contribution < -0.4 is 5.32 Å². The molecule has 15 heavy (non-hydrogen) atoms. The van der Waals surface area contributed by atoms with Gasteiger partial charge < -0.3 is 10.2 Å². The van der Waals surface area contributed by atoms with Crippen molar-refractivity contribution in [1.29, 1.82) is 0 Å². The maximum Gasteiger partial charge on any atom is 0.222 e. The Balaban J connectivity index is 1.71. The molecule has 0 aromatic rings. The highest BCUT2D eigenvalue weighted by molar-refractivity contribution is 5.78. The average molecular weight is 210 g/mol. The highest BCUT2D eigenvalue weighted by Gasteiger charge is 2.23. The first-order valence-electron chi connectivity index (χ1n) is 6.29. The van der Waals surface area contributed by atoms with Gasteiger partial charge >= 0.3 is 0 Å². The highest BCUT2D eigenvalue weighted by Crippen LogP contribution is 2.18. The summed E-state index contributed by atoms with van der Waals surface area (Å²) in [6.45, 7) is 4.06. The molecule has 1 saturated heterocycles. The summed E-state index contributed by atoms with van der Waals surface area (Å²) in [6.07, 6.45) is 7.18. The van der Waals surface area contributed by atoms with Crippen molar-refractivity contribution in [3.63, 3.8) is 0 Å². The summed E-state index contributed by atoms with van der Waals surface area (Å²) in [6, 6.07) is 1.16. The summed E-state index contributed by atoms with van der Waals surface area (Å²) >= 11 is 0. The van der Waals surface area contributed by atoms with Gasteiger partial charge in [-0.25, -0.2) is 0 Å². The summed E-state index contributed by atoms with van der Waals surface area (Å²) < 4.78 is 0. The summed E-state index contributed by atoms with van der Waals surface area (Å²) in [4.78, 5) is 13.5. The molecule has 1 unspecified atom stereocenters. The van der Waals surface area contributed by atoms with Gasteiger partial charge in [-0.15, -0.1) is 0 Å². The standard InChI is InChI=1S/C12H22N2O/c1-10(13-11-5-2-3-6-11)9-14-8-4-7-12(14)15/h10-11,13H,2-9H2,1H3. The summed E-state index contributed by atoms with van der Waals surface area (Å²) in [7, 11) is 0. The van der Waals surface area contributed by atoms with Crippen LogP contribution in [0.25, 0.3) is 0 Å². The second-order valence-corrected chi connectivity index (χ2v) is 4.99. The molecule has 3 nitrogen and oxygen atoms in total. The Labute approximate surface area is 92.2 Å². The molecule has 0 radical (unpaired) electrons. The first kappa shape index (κ1) is 10.9. The normalized spacial score (nSPS) is 25.1. The smallest absolute Gasteiger partial charge is 0.222 e. The SMILES string of the molecule is CC(CN1CCCC1=O)NC1CCCC1. The van der Waals surface area contributed by atoms with E-state index in [4.69, 9.17) is 0 Å². The summed E-state index contributed by atoms with van der Waals surface area (Å²) in [5.41, 5.74) is 0. The molecule has 0 aromatic heterocycles. The molecule has 1 heterocycles. The molecule has 2 aliphatic rings. The number of amides is 1. The molecule has 1 amide bonds. The van der Waals surface area contributed by atoms with E-state index in [9.17, 15) is 4.79 Å². The van der Waals surface area contributed by atoms with Crippen LogP contribution in [0.5, 0.6) is 0 Å². The van der Waals surface area contributed by atoms with E-state index >= 15 is 0 Å². The second kappa shape index (κ2) is 4.97. The Morgan fingerprint density at radius 3 is 2.73 bits per heavy atom. The molecule has 1 aliphatic carbocycles. The van der Waals surface area contributed by atoms with Gasteiger partial charge in [0, 0.05) is 31.6 Å². The third kappa shape index (κ3) is 2.94. The van der Waals surface area contributed by atoms with Crippen LogP contribution in [-0.4, -0.2) is 36.0 Å². The van der Waals surface area contributed by atoms with Crippen LogP contribution in [0, 0.1) is 0 Å². The fourth-order valence-corrected chi connectivity index (χ4v) is 2.78. The molecule has 0 bridgehead atoms. The van der Waals surface area contributed by atoms with E-state index in [1.807, 2.05) is 4.90 Å². The van der Waals surface area contributed by atoms with Gasteiger partial charge in [0.25, 0.3) is 0 Å². The molecular formula is C12H22N2O. The van der Waals surface area contributed by atoms with Crippen molar-refractivity contribution in [2.75, 3.05) is 13.1 Å². The molecule has 1 N–H and O–H groups in total. The molecule has 2 fully saturated rings. The maximum absolute atomic E-state index is 11.4. The molecule has 86 valence electrons. The monoisotopic (exact) mass is 210 g/mol. The van der Waals surface area contributed by atoms with Crippen LogP contribution in [0.2, 0.25) is 0 Å². The fourth-order valence-electron chi connectivity index (χ4n) is 2.78. The average Bonchev–Trinajstić information content (AvgIpc) is 2.79. The minimum absolute atomic E-state index is 0.343. The van der Waals surface area contributed by atoms with E-state index < -0.39 is 0 Å². The van der Waals surface area contributed by atoms with E-state index in [0.29, 0.717) is 18.0 Å². The van der Waals surface area contributed by atoms with E-state index in [1.165, 1.54) is 25.7 Å². The van der Waals surface area contributed by atoms with Gasteiger partial charge in [0.2, 0.25) is 5.91 Å². The minimum Gasteiger partial charge on any atom is -0.341 e. The van der Waals surface area contributed by atoms with Crippen molar-refractivity contribution in [2.45, 2.75) is 57.5 Å². The van der Waals surface area contributed by atoms with Gasteiger partial charge in [0.15, 0.2) is 0 Å². The zero-order chi connectivity index (χ0) is 10.7. The number of carbonyl (C=O) groups is 1. The summed E-state index contributed by atoms with van der Waals surface area (Å²) in [5, 5.41) is 3.63. The number of likely N-dealkylation sites (tertiary alicyclic amines) is 1. The fraction of sp³-hybridized carbons (Fsp3) is 0.917. The number of hydrogen-bond donors (Lipinski definition) is 1. The van der Waals surface area contributed by atoms with Crippen molar-refractivity contribution in [2.24, 2.45) is 0 Å². The van der Waals surface area contributed by atoms with Crippen LogP contribution in [0.4, 0.5) is 0 Å². The molecule has 0 aromatic carbocycles. The van der Waals surface area contributed by atoms with E-state index in [0.717, 1.165) is 25.9 Å². The van der Waals surface area contributed by atoms with Gasteiger partial charge in [-0.1, -0.05) is 12.8 Å². The Bertz CT molecular complexity index is 224. The lowest BCUT2D eigenvalue weighted by atomic mass is 10.2. The van der Waals surface area contributed by atoms with Gasteiger partial charge in [0.05, 0.1) is 0 Å². The van der Waals surface area contributed by atoms with Gasteiger partial charge in [0.1, 0.15) is 0 Å². The summed E-state index contributed by atoms with van der Waals surface area (Å²) in [5.74, 6) is 0.343. The zero-order valence-corrected chi connectivity index (χ0v) is 9.67. The highest BCUT2D eigenvalue weighted by atomic mass is 16.2. The van der Waals surface area contributed by atoms with Gasteiger partial charge in [-0.2, -0.15) is 0 Å². The molecular weight excluding hydrogens is 188 g/mol. The third-order valence-corrected chi connectivity index (χ3v) is 3.54. The largest absolute Gasteiger partial charge is 0.341 e. The third-order valence-electron chi connectivity index (χ3n) is 3.54. The van der Waals surface area contributed by atoms with Crippen LogP contribution in [0.1, 0.15) is 45.4 Å². The van der Waals surface area contributed by atoms with Crippen LogP contribution in [0.15, 0.2) is 0 Å². The van der Waals surface area contributed by atoms with E-state index in [-0.39, 0.29) is 0 Å². The van der Waals surface area contributed by atoms with Crippen LogP contribution >= 0.6 is 0 Å². The lowest BCUT2D eigenvalue weighted by Gasteiger charge is -2.24. The Hall–Kier alpha value is -0.570. The Morgan fingerprint density at radius 2 is 2.13 bits per heavy atom. The van der Waals surface area contributed by atoms with Crippen LogP contribution in [0.3, 0.4) is 0 Å². The van der Waals surface area contributed by atoms with Crippen molar-refractivity contribution in [1.82, 2.24) is 10.2 Å². The molecule has 1 atom stereocenters. The zero-order valence-electron chi connectivity index (χ0n) is 9.67. The number of nitrogens with zero attached hydrogens (tertiary/aromatic N) is 1. The Morgan fingerprint density at radius 1 is 1.40 bits per heavy atom. The number of rotatable bonds is 4. The predicted molar refractivity (Wildman–Crippen MR) is 60.7 cm³/mol. The van der Waals surface area contributed by atoms with Crippen LogP contribution in [-0.2, 0) is 4.79 Å². The second-order valence-electron chi connectivity index (χ2n) is 4.99. The number of carbonyl (C=O) groups excluding carboxylic acids is 1. The first-order valence-corrected chi connectivity index (χ1v) is 6.29. The van der Waals surface area contributed by atoms with E-state index in [2.05, 4.69) is 12.2 Å². The predicted octanol–water partition coefficient (Wildman–Crippen LogP) is 1.53. The van der Waals surface area contributed by atoms with Crippen molar-refractivity contribution in [3.8, 4) is 0 Å². The first-order chi connectivity index (χ1) is 7.25. The van der Waals surface area contributed by atoms with Gasteiger partial charge in [-0.05, 0) is 26.2 Å². The molecule has 1 saturated carbocycles. The topological polar surface area (TPSA) is 32.3 Å². The lowest BCUT2D eigenvalue weighted by Crippen LogP contribution is -2.43. The van der Waals surface area contributed by atoms with Crippen molar-refractivity contribution >= 4 is 5.91 Å².